The second kappa shape index (κ2) is 7.24. The number of carbonyl (C=O) groups excluding carboxylic acids is 1. The van der Waals surface area contributed by atoms with E-state index in [0.717, 1.165) is 29.8 Å². The van der Waals surface area contributed by atoms with Crippen LogP contribution in [0, 0.1) is 0 Å². The Morgan fingerprint density at radius 2 is 2.04 bits per heavy atom. The molecule has 5 heteroatoms. The highest BCUT2D eigenvalue weighted by Crippen LogP contribution is 2.22. The minimum Gasteiger partial charge on any atom is -0.387 e. The fourth-order valence-electron chi connectivity index (χ4n) is 2.91. The number of pyridine rings is 1. The van der Waals surface area contributed by atoms with Gasteiger partial charge < -0.3 is 15.3 Å². The molecule has 1 aliphatic heterocycles. The number of likely N-dealkylation sites (tertiary alicyclic amines) is 1. The molecule has 0 spiro atoms. The number of aliphatic hydroxyl groups excluding tert-OH is 1. The van der Waals surface area contributed by atoms with E-state index in [1.165, 1.54) is 0 Å². The summed E-state index contributed by atoms with van der Waals surface area (Å²) in [4.78, 5) is 17.6. The molecular formula is C18H21N3O2. The number of benzene rings is 1. The summed E-state index contributed by atoms with van der Waals surface area (Å²) < 4.78 is 0. The van der Waals surface area contributed by atoms with Gasteiger partial charge in [-0.05, 0) is 37.1 Å². The summed E-state index contributed by atoms with van der Waals surface area (Å²) in [5, 5.41) is 12.5. The van der Waals surface area contributed by atoms with E-state index in [-0.39, 0.29) is 5.91 Å². The third kappa shape index (κ3) is 3.87. The number of aliphatic hydroxyl groups is 1. The Hall–Kier alpha value is -2.40. The Labute approximate surface area is 136 Å². The maximum atomic E-state index is 11.5. The molecule has 1 fully saturated rings. The van der Waals surface area contributed by atoms with Crippen LogP contribution in [0.15, 0.2) is 48.7 Å². The Kier molecular flexibility index (Phi) is 4.88. The van der Waals surface area contributed by atoms with Crippen molar-refractivity contribution in [3.8, 4) is 11.3 Å². The van der Waals surface area contributed by atoms with Crippen LogP contribution >= 0.6 is 0 Å². The normalized spacial score (nSPS) is 15.4. The quantitative estimate of drug-likeness (QED) is 0.908. The number of amides is 1. The van der Waals surface area contributed by atoms with Crippen molar-refractivity contribution in [3.63, 3.8) is 0 Å². The fraction of sp³-hybridized carbons (Fsp3) is 0.333. The molecule has 0 bridgehead atoms. The topological polar surface area (TPSA) is 65.5 Å². The lowest BCUT2D eigenvalue weighted by atomic mass is 10.0. The summed E-state index contributed by atoms with van der Waals surface area (Å²) >= 11 is 0. The van der Waals surface area contributed by atoms with Crippen molar-refractivity contribution in [2.45, 2.75) is 18.9 Å². The van der Waals surface area contributed by atoms with Gasteiger partial charge >= 0.3 is 0 Å². The van der Waals surface area contributed by atoms with Gasteiger partial charge in [0.1, 0.15) is 6.61 Å². The summed E-state index contributed by atoms with van der Waals surface area (Å²) in [5.41, 5.74) is 3.11. The molecule has 3 rings (SSSR count). The molecule has 1 saturated heterocycles. The van der Waals surface area contributed by atoms with Gasteiger partial charge in [-0.1, -0.05) is 18.2 Å². The number of carbonyl (C=O) groups is 1. The van der Waals surface area contributed by atoms with Crippen molar-refractivity contribution in [2.24, 2.45) is 0 Å². The van der Waals surface area contributed by atoms with Crippen molar-refractivity contribution in [3.05, 3.63) is 48.7 Å². The largest absolute Gasteiger partial charge is 0.387 e. The van der Waals surface area contributed by atoms with Gasteiger partial charge in [-0.3, -0.25) is 9.78 Å². The molecule has 2 N–H and O–H groups in total. The molecule has 1 aliphatic rings. The van der Waals surface area contributed by atoms with Crippen LogP contribution in [-0.2, 0) is 4.79 Å². The molecule has 5 nitrogen and oxygen atoms in total. The first-order valence-electron chi connectivity index (χ1n) is 7.93. The zero-order valence-corrected chi connectivity index (χ0v) is 13.0. The minimum absolute atomic E-state index is 0.180. The van der Waals surface area contributed by atoms with Gasteiger partial charge in [-0.25, -0.2) is 0 Å². The number of piperidine rings is 1. The summed E-state index contributed by atoms with van der Waals surface area (Å²) in [6.07, 6.45) is 3.57. The molecule has 1 amide bonds. The van der Waals surface area contributed by atoms with Crippen molar-refractivity contribution in [1.82, 2.24) is 9.88 Å². The summed E-state index contributed by atoms with van der Waals surface area (Å²) in [5.74, 6) is -0.180. The summed E-state index contributed by atoms with van der Waals surface area (Å²) in [6, 6.07) is 14.5. The lowest BCUT2D eigenvalue weighted by Crippen LogP contribution is -2.43. The molecular weight excluding hydrogens is 290 g/mol. The molecule has 0 saturated carbocycles. The van der Waals surface area contributed by atoms with E-state index >= 15 is 0 Å². The predicted molar refractivity (Wildman–Crippen MR) is 90.0 cm³/mol. The third-order valence-corrected chi connectivity index (χ3v) is 4.18. The number of nitrogens with one attached hydrogen (secondary N) is 1. The van der Waals surface area contributed by atoms with Crippen LogP contribution in [0.2, 0.25) is 0 Å². The number of nitrogens with zero attached hydrogens (tertiary/aromatic N) is 2. The van der Waals surface area contributed by atoms with E-state index in [0.29, 0.717) is 19.1 Å². The van der Waals surface area contributed by atoms with E-state index in [1.54, 1.807) is 11.1 Å². The van der Waals surface area contributed by atoms with Crippen LogP contribution in [0.3, 0.4) is 0 Å². The Morgan fingerprint density at radius 3 is 2.74 bits per heavy atom. The van der Waals surface area contributed by atoms with E-state index in [4.69, 9.17) is 5.11 Å². The predicted octanol–water partition coefficient (Wildman–Crippen LogP) is 2.14. The van der Waals surface area contributed by atoms with E-state index in [2.05, 4.69) is 28.5 Å². The van der Waals surface area contributed by atoms with Gasteiger partial charge in [-0.2, -0.15) is 0 Å². The second-order valence-corrected chi connectivity index (χ2v) is 5.75. The van der Waals surface area contributed by atoms with Gasteiger partial charge in [0.25, 0.3) is 0 Å². The molecule has 2 aromatic rings. The number of hydrogen-bond acceptors (Lipinski definition) is 4. The highest BCUT2D eigenvalue weighted by atomic mass is 16.3. The van der Waals surface area contributed by atoms with Gasteiger partial charge in [0.2, 0.25) is 5.91 Å². The highest BCUT2D eigenvalue weighted by Gasteiger charge is 2.22. The van der Waals surface area contributed by atoms with Crippen LogP contribution in [0.25, 0.3) is 11.3 Å². The van der Waals surface area contributed by atoms with Crippen LogP contribution in [0.1, 0.15) is 12.8 Å². The van der Waals surface area contributed by atoms with E-state index < -0.39 is 6.61 Å². The number of rotatable bonds is 4. The molecule has 0 unspecified atom stereocenters. The maximum absolute atomic E-state index is 11.5. The summed E-state index contributed by atoms with van der Waals surface area (Å²) in [6.45, 7) is 0.984. The lowest BCUT2D eigenvalue weighted by Gasteiger charge is -2.32. The summed E-state index contributed by atoms with van der Waals surface area (Å²) in [7, 11) is 0. The molecule has 0 aliphatic carbocycles. The van der Waals surface area contributed by atoms with E-state index in [9.17, 15) is 4.79 Å². The van der Waals surface area contributed by atoms with E-state index in [1.807, 2.05) is 24.3 Å². The molecule has 1 aromatic heterocycles. The van der Waals surface area contributed by atoms with Gasteiger partial charge in [0, 0.05) is 36.6 Å². The van der Waals surface area contributed by atoms with Gasteiger partial charge in [0.15, 0.2) is 0 Å². The molecule has 0 atom stereocenters. The molecule has 0 radical (unpaired) electrons. The van der Waals surface area contributed by atoms with Crippen LogP contribution in [-0.4, -0.2) is 46.6 Å². The van der Waals surface area contributed by atoms with Gasteiger partial charge in [-0.15, -0.1) is 0 Å². The Balaban J connectivity index is 1.62. The molecule has 23 heavy (non-hydrogen) atoms. The lowest BCUT2D eigenvalue weighted by molar-refractivity contribution is -0.135. The first kappa shape index (κ1) is 15.5. The maximum Gasteiger partial charge on any atom is 0.248 e. The van der Waals surface area contributed by atoms with Crippen molar-refractivity contribution in [2.75, 3.05) is 25.0 Å². The average Bonchev–Trinajstić information content (AvgIpc) is 2.63. The van der Waals surface area contributed by atoms with Gasteiger partial charge in [0.05, 0.1) is 5.69 Å². The zero-order chi connectivity index (χ0) is 16.1. The Morgan fingerprint density at radius 1 is 1.22 bits per heavy atom. The molecule has 1 aromatic carbocycles. The molecule has 120 valence electrons. The fourth-order valence-corrected chi connectivity index (χ4v) is 2.91. The first-order valence-corrected chi connectivity index (χ1v) is 7.93. The minimum atomic E-state index is -0.399. The van der Waals surface area contributed by atoms with Crippen molar-refractivity contribution >= 4 is 11.6 Å². The number of hydrogen-bond donors (Lipinski definition) is 2. The van der Waals surface area contributed by atoms with Crippen LogP contribution in [0.4, 0.5) is 5.69 Å². The third-order valence-electron chi connectivity index (χ3n) is 4.18. The highest BCUT2D eigenvalue weighted by molar-refractivity contribution is 5.77. The first-order chi connectivity index (χ1) is 11.3. The standard InChI is InChI=1S/C18H21N3O2/c22-13-18(23)21-10-7-15(8-11-21)20-16-5-3-4-14(12-16)17-6-1-2-9-19-17/h1-6,9,12,15,20,22H,7-8,10-11,13H2. The number of aromatic nitrogens is 1. The SMILES string of the molecule is O=C(CO)N1CCC(Nc2cccc(-c3ccccn3)c2)CC1. The van der Waals surface area contributed by atoms with Crippen molar-refractivity contribution < 1.29 is 9.90 Å². The average molecular weight is 311 g/mol. The van der Waals surface area contributed by atoms with Crippen molar-refractivity contribution in [1.29, 1.82) is 0 Å². The monoisotopic (exact) mass is 311 g/mol. The van der Waals surface area contributed by atoms with Crippen LogP contribution < -0.4 is 5.32 Å². The zero-order valence-electron chi connectivity index (χ0n) is 13.0. The number of anilines is 1. The molecule has 2 heterocycles. The smallest absolute Gasteiger partial charge is 0.248 e. The second-order valence-electron chi connectivity index (χ2n) is 5.75. The van der Waals surface area contributed by atoms with Crippen LogP contribution in [0.5, 0.6) is 0 Å². The Bertz CT molecular complexity index is 652.